The first-order chi connectivity index (χ1) is 10.1. The second kappa shape index (κ2) is 6.76. The molecule has 0 saturated carbocycles. The summed E-state index contributed by atoms with van der Waals surface area (Å²) in [6.07, 6.45) is 3.41. The third-order valence-electron chi connectivity index (χ3n) is 2.72. The zero-order chi connectivity index (χ0) is 15.2. The Bertz CT molecular complexity index is 770. The van der Waals surface area contributed by atoms with Crippen molar-refractivity contribution in [2.75, 3.05) is 4.72 Å². The number of benzene rings is 1. The van der Waals surface area contributed by atoms with Gasteiger partial charge in [-0.2, -0.15) is 0 Å². The van der Waals surface area contributed by atoms with Crippen LogP contribution in [-0.2, 0) is 0 Å². The van der Waals surface area contributed by atoms with Crippen LogP contribution in [0.3, 0.4) is 0 Å². The molecule has 0 amide bonds. The van der Waals surface area contributed by atoms with Gasteiger partial charge in [0.25, 0.3) is 0 Å². The Kier molecular flexibility index (Phi) is 4.79. The molecule has 0 saturated heterocycles. The molecule has 2 N–H and O–H groups in total. The SMILES string of the molecule is C=C/C(SNc1ccc(C(=O)O)cc1)=c1/ncccc1=C. The molecule has 2 rings (SSSR count). The molecule has 0 spiro atoms. The first kappa shape index (κ1) is 14.9. The number of carboxylic acid groups (broad SMARTS) is 1. The fourth-order valence-electron chi connectivity index (χ4n) is 1.64. The number of pyridine rings is 1. The highest BCUT2D eigenvalue weighted by Crippen LogP contribution is 2.20. The van der Waals surface area contributed by atoms with Gasteiger partial charge in [0.1, 0.15) is 0 Å². The molecule has 1 aromatic heterocycles. The van der Waals surface area contributed by atoms with Crippen molar-refractivity contribution in [3.05, 3.63) is 71.4 Å². The van der Waals surface area contributed by atoms with Crippen LogP contribution in [0, 0.1) is 0 Å². The minimum Gasteiger partial charge on any atom is -0.478 e. The van der Waals surface area contributed by atoms with Crippen LogP contribution in [0.15, 0.2) is 55.3 Å². The molecule has 0 atom stereocenters. The molecule has 0 radical (unpaired) electrons. The maximum Gasteiger partial charge on any atom is 0.335 e. The summed E-state index contributed by atoms with van der Waals surface area (Å²) < 4.78 is 3.14. The van der Waals surface area contributed by atoms with Crippen LogP contribution < -0.4 is 15.3 Å². The molecule has 1 heterocycles. The Hall–Kier alpha value is -2.53. The van der Waals surface area contributed by atoms with Gasteiger partial charge in [-0.05, 0) is 47.5 Å². The lowest BCUT2D eigenvalue weighted by Gasteiger charge is -2.06. The average molecular weight is 298 g/mol. The van der Waals surface area contributed by atoms with E-state index in [-0.39, 0.29) is 5.56 Å². The number of nitrogens with zero attached hydrogens (tertiary/aromatic N) is 1. The molecule has 0 unspecified atom stereocenters. The van der Waals surface area contributed by atoms with Crippen LogP contribution in [0.25, 0.3) is 11.5 Å². The third-order valence-corrected chi connectivity index (χ3v) is 3.64. The van der Waals surface area contributed by atoms with Crippen LogP contribution in [0.5, 0.6) is 0 Å². The predicted octanol–water partition coefficient (Wildman–Crippen LogP) is 2.24. The molecule has 0 aliphatic heterocycles. The van der Waals surface area contributed by atoms with Gasteiger partial charge in [0.05, 0.1) is 15.8 Å². The van der Waals surface area contributed by atoms with E-state index in [1.807, 2.05) is 12.1 Å². The van der Waals surface area contributed by atoms with Crippen LogP contribution in [-0.4, -0.2) is 16.1 Å². The van der Waals surface area contributed by atoms with Gasteiger partial charge in [-0.25, -0.2) is 4.79 Å². The second-order valence-corrected chi connectivity index (χ2v) is 5.01. The Balaban J connectivity index is 2.20. The summed E-state index contributed by atoms with van der Waals surface area (Å²) in [4.78, 5) is 15.9. The highest BCUT2D eigenvalue weighted by molar-refractivity contribution is 8.09. The highest BCUT2D eigenvalue weighted by atomic mass is 32.2. The van der Waals surface area contributed by atoms with E-state index in [1.165, 1.54) is 11.9 Å². The van der Waals surface area contributed by atoms with Gasteiger partial charge < -0.3 is 9.83 Å². The number of carboxylic acids is 1. The van der Waals surface area contributed by atoms with E-state index in [0.29, 0.717) is 0 Å². The zero-order valence-electron chi connectivity index (χ0n) is 11.2. The van der Waals surface area contributed by atoms with Crippen molar-refractivity contribution in [2.45, 2.75) is 0 Å². The van der Waals surface area contributed by atoms with E-state index >= 15 is 0 Å². The molecule has 21 heavy (non-hydrogen) atoms. The maximum absolute atomic E-state index is 10.8. The van der Waals surface area contributed by atoms with E-state index in [4.69, 9.17) is 5.11 Å². The molecular formula is C16H14N2O2S. The fraction of sp³-hybridized carbons (Fsp3) is 0. The molecule has 106 valence electrons. The van der Waals surface area contributed by atoms with Gasteiger partial charge >= 0.3 is 5.97 Å². The molecule has 4 nitrogen and oxygen atoms in total. The van der Waals surface area contributed by atoms with Crippen molar-refractivity contribution in [3.63, 3.8) is 0 Å². The minimum absolute atomic E-state index is 0.253. The number of nitrogens with one attached hydrogen (secondary N) is 1. The van der Waals surface area contributed by atoms with Crippen LogP contribution in [0.1, 0.15) is 10.4 Å². The highest BCUT2D eigenvalue weighted by Gasteiger charge is 2.02. The largest absolute Gasteiger partial charge is 0.478 e. The lowest BCUT2D eigenvalue weighted by atomic mass is 10.2. The lowest BCUT2D eigenvalue weighted by Crippen LogP contribution is -2.27. The van der Waals surface area contributed by atoms with Gasteiger partial charge in [-0.1, -0.05) is 25.3 Å². The van der Waals surface area contributed by atoms with E-state index in [9.17, 15) is 4.79 Å². The van der Waals surface area contributed by atoms with Gasteiger partial charge in [-0.3, -0.25) is 4.98 Å². The molecule has 0 aliphatic rings. The molecule has 0 bridgehead atoms. The van der Waals surface area contributed by atoms with E-state index in [2.05, 4.69) is 22.9 Å². The lowest BCUT2D eigenvalue weighted by molar-refractivity contribution is 0.0697. The quantitative estimate of drug-likeness (QED) is 0.829. The molecule has 0 aliphatic carbocycles. The number of carbonyl (C=O) groups is 1. The summed E-state index contributed by atoms with van der Waals surface area (Å²) in [5.41, 5.74) is 1.05. The minimum atomic E-state index is -0.942. The van der Waals surface area contributed by atoms with Crippen molar-refractivity contribution < 1.29 is 9.90 Å². The number of aromatic carboxylic acids is 1. The Labute approximate surface area is 126 Å². The normalized spacial score (nSPS) is 11.6. The van der Waals surface area contributed by atoms with Gasteiger partial charge in [0.2, 0.25) is 0 Å². The summed E-state index contributed by atoms with van der Waals surface area (Å²) in [6.45, 7) is 7.72. The number of hydrogen-bond acceptors (Lipinski definition) is 4. The number of anilines is 1. The Morgan fingerprint density at radius 1 is 1.29 bits per heavy atom. The average Bonchev–Trinajstić information content (AvgIpc) is 2.50. The fourth-order valence-corrected chi connectivity index (χ4v) is 2.37. The van der Waals surface area contributed by atoms with Gasteiger partial charge in [-0.15, -0.1) is 0 Å². The summed E-state index contributed by atoms with van der Waals surface area (Å²) >= 11 is 1.35. The smallest absolute Gasteiger partial charge is 0.335 e. The van der Waals surface area contributed by atoms with Crippen LogP contribution in [0.2, 0.25) is 0 Å². The number of aromatic nitrogens is 1. The second-order valence-electron chi connectivity index (χ2n) is 4.17. The summed E-state index contributed by atoms with van der Waals surface area (Å²) in [5, 5.41) is 10.4. The van der Waals surface area contributed by atoms with Crippen LogP contribution >= 0.6 is 11.9 Å². The first-order valence-electron chi connectivity index (χ1n) is 6.14. The first-order valence-corrected chi connectivity index (χ1v) is 6.96. The van der Waals surface area contributed by atoms with Crippen molar-refractivity contribution >= 4 is 35.1 Å². The Morgan fingerprint density at radius 2 is 2.00 bits per heavy atom. The van der Waals surface area contributed by atoms with E-state index in [0.717, 1.165) is 21.2 Å². The van der Waals surface area contributed by atoms with Crippen molar-refractivity contribution in [1.29, 1.82) is 0 Å². The van der Waals surface area contributed by atoms with E-state index < -0.39 is 5.97 Å². The molecular weight excluding hydrogens is 284 g/mol. The van der Waals surface area contributed by atoms with Crippen LogP contribution in [0.4, 0.5) is 5.69 Å². The molecule has 2 aromatic rings. The summed E-state index contributed by atoms with van der Waals surface area (Å²) in [7, 11) is 0. The number of rotatable bonds is 5. The predicted molar refractivity (Wildman–Crippen MR) is 87.2 cm³/mol. The molecule has 5 heteroatoms. The van der Waals surface area contributed by atoms with Gasteiger partial charge in [0.15, 0.2) is 0 Å². The molecule has 0 fully saturated rings. The van der Waals surface area contributed by atoms with Crippen molar-refractivity contribution in [1.82, 2.24) is 4.98 Å². The topological polar surface area (TPSA) is 62.2 Å². The van der Waals surface area contributed by atoms with E-state index in [1.54, 1.807) is 36.5 Å². The zero-order valence-corrected chi connectivity index (χ0v) is 12.1. The standard InChI is InChI=1S/C16H14N2O2S/c1-3-14(15-11(2)5-4-10-17-15)21-18-13-8-6-12(7-9-13)16(19)20/h3-10,18H,1-2H2,(H,19,20)/b15-14-. The Morgan fingerprint density at radius 3 is 2.57 bits per heavy atom. The number of hydrogen-bond donors (Lipinski definition) is 2. The summed E-state index contributed by atoms with van der Waals surface area (Å²) in [6, 6.07) is 10.2. The monoisotopic (exact) mass is 298 g/mol. The molecule has 1 aromatic carbocycles. The summed E-state index contributed by atoms with van der Waals surface area (Å²) in [5.74, 6) is -0.942. The van der Waals surface area contributed by atoms with Crippen molar-refractivity contribution in [2.24, 2.45) is 0 Å². The van der Waals surface area contributed by atoms with Crippen molar-refractivity contribution in [3.8, 4) is 0 Å². The maximum atomic E-state index is 10.8. The third kappa shape index (κ3) is 3.73. The van der Waals surface area contributed by atoms with Gasteiger partial charge in [0, 0.05) is 11.9 Å².